The molecule has 3 rings (SSSR count). The summed E-state index contributed by atoms with van der Waals surface area (Å²) in [5.74, 6) is -0.0582. The van der Waals surface area contributed by atoms with Gasteiger partial charge in [0.25, 0.3) is 0 Å². The Morgan fingerprint density at radius 1 is 1.18 bits per heavy atom. The van der Waals surface area contributed by atoms with Crippen LogP contribution in [0, 0.1) is 11.3 Å². The maximum atomic E-state index is 11.4. The minimum atomic E-state index is -2.47. The van der Waals surface area contributed by atoms with E-state index in [-0.39, 0.29) is 18.4 Å². The van der Waals surface area contributed by atoms with Gasteiger partial charge in [0.05, 0.1) is 29.4 Å². The topological polar surface area (TPSA) is 117 Å². The monoisotopic (exact) mass is 485 g/mol. The molecule has 1 saturated heterocycles. The molecular formula is C26H35N3O4S. The molecule has 1 atom stereocenters. The smallest absolute Gasteiger partial charge is 0.303 e. The van der Waals surface area contributed by atoms with E-state index in [4.69, 9.17) is 5.26 Å². The Morgan fingerprint density at radius 3 is 2.41 bits per heavy atom. The van der Waals surface area contributed by atoms with Crippen molar-refractivity contribution in [3.05, 3.63) is 53.6 Å². The first kappa shape index (κ1) is 25.9. The van der Waals surface area contributed by atoms with E-state index in [0.29, 0.717) is 17.1 Å². The van der Waals surface area contributed by atoms with Gasteiger partial charge in [0, 0.05) is 29.8 Å². The summed E-state index contributed by atoms with van der Waals surface area (Å²) in [7, 11) is -2.47. The predicted octanol–water partition coefficient (Wildman–Crippen LogP) is 6.40. The first-order valence-electron chi connectivity index (χ1n) is 11.9. The van der Waals surface area contributed by atoms with Gasteiger partial charge in [-0.3, -0.25) is 13.9 Å². The van der Waals surface area contributed by atoms with Gasteiger partial charge in [0.2, 0.25) is 0 Å². The van der Waals surface area contributed by atoms with E-state index in [9.17, 15) is 19.0 Å². The lowest BCUT2D eigenvalue weighted by Crippen LogP contribution is -2.41. The van der Waals surface area contributed by atoms with Crippen LogP contribution in [0.1, 0.15) is 63.0 Å². The van der Waals surface area contributed by atoms with E-state index in [0.717, 1.165) is 54.9 Å². The van der Waals surface area contributed by atoms with Crippen LogP contribution in [0.15, 0.2) is 42.5 Å². The minimum Gasteiger partial charge on any atom is -0.481 e. The van der Waals surface area contributed by atoms with Crippen LogP contribution in [0.25, 0.3) is 0 Å². The highest BCUT2D eigenvalue weighted by atomic mass is 32.3. The maximum Gasteiger partial charge on any atom is 0.303 e. The highest BCUT2D eigenvalue weighted by Crippen LogP contribution is 2.46. The zero-order valence-electron chi connectivity index (χ0n) is 19.9. The third-order valence-electron chi connectivity index (χ3n) is 6.47. The third kappa shape index (κ3) is 6.66. The molecule has 0 bridgehead atoms. The SMILES string of the molecule is CCCN(c1ccc(C(CC)CC(=O)O)cc1Nc1ccc(C#N)cc1)C1CCS(O)(O)CC1. The second-order valence-electron chi connectivity index (χ2n) is 8.93. The molecule has 7 nitrogen and oxygen atoms in total. The number of carboxylic acid groups (broad SMARTS) is 1. The van der Waals surface area contributed by atoms with Gasteiger partial charge in [-0.2, -0.15) is 15.9 Å². The van der Waals surface area contributed by atoms with Crippen LogP contribution in [0.2, 0.25) is 0 Å². The van der Waals surface area contributed by atoms with Crippen LogP contribution >= 0.6 is 10.6 Å². The molecule has 0 spiro atoms. The summed E-state index contributed by atoms with van der Waals surface area (Å²) in [6.45, 7) is 4.96. The van der Waals surface area contributed by atoms with Crippen LogP contribution < -0.4 is 10.2 Å². The summed E-state index contributed by atoms with van der Waals surface area (Å²) >= 11 is 0. The van der Waals surface area contributed by atoms with Crippen LogP contribution in [0.4, 0.5) is 17.1 Å². The van der Waals surface area contributed by atoms with Gasteiger partial charge in [0.15, 0.2) is 0 Å². The van der Waals surface area contributed by atoms with Crippen molar-refractivity contribution in [1.29, 1.82) is 5.26 Å². The molecule has 1 unspecified atom stereocenters. The normalized spacial score (nSPS) is 17.4. The standard InChI is InChI=1S/C26H35N3O4S/c1-3-13-29(23-11-14-34(32,33)15-12-23)25-10-7-21(20(4-2)17-26(30)31)16-24(25)28-22-8-5-19(18-27)6-9-22/h5-10,16,20,23,28,32-33H,3-4,11-15,17H2,1-2H3,(H,30,31). The van der Waals surface area contributed by atoms with Crippen molar-refractivity contribution in [3.8, 4) is 6.07 Å². The molecule has 0 radical (unpaired) electrons. The average molecular weight is 486 g/mol. The molecule has 0 aliphatic carbocycles. The fourth-order valence-electron chi connectivity index (χ4n) is 4.60. The molecule has 1 aliphatic rings. The number of nitriles is 1. The number of carboxylic acids is 1. The van der Waals surface area contributed by atoms with Crippen LogP contribution in [-0.2, 0) is 4.79 Å². The number of anilines is 3. The van der Waals surface area contributed by atoms with E-state index >= 15 is 0 Å². The average Bonchev–Trinajstić information content (AvgIpc) is 2.82. The highest BCUT2D eigenvalue weighted by molar-refractivity contribution is 8.24. The van der Waals surface area contributed by atoms with E-state index < -0.39 is 16.6 Å². The van der Waals surface area contributed by atoms with Gasteiger partial charge >= 0.3 is 5.97 Å². The van der Waals surface area contributed by atoms with Crippen LogP contribution in [0.5, 0.6) is 0 Å². The summed E-state index contributed by atoms with van der Waals surface area (Å²) in [5, 5.41) is 22.0. The van der Waals surface area contributed by atoms with Gasteiger partial charge < -0.3 is 15.3 Å². The molecule has 0 aromatic heterocycles. The molecule has 184 valence electrons. The molecule has 1 aliphatic heterocycles. The Bertz CT molecular complexity index is 1010. The van der Waals surface area contributed by atoms with Crippen molar-refractivity contribution in [1.82, 2.24) is 0 Å². The lowest BCUT2D eigenvalue weighted by atomic mass is 9.92. The van der Waals surface area contributed by atoms with Crippen molar-refractivity contribution in [2.45, 2.75) is 57.9 Å². The molecule has 1 heterocycles. The highest BCUT2D eigenvalue weighted by Gasteiger charge is 2.29. The number of rotatable bonds is 10. The summed E-state index contributed by atoms with van der Waals surface area (Å²) in [4.78, 5) is 13.8. The van der Waals surface area contributed by atoms with E-state index in [1.165, 1.54) is 0 Å². The number of nitrogens with zero attached hydrogens (tertiary/aromatic N) is 2. The van der Waals surface area contributed by atoms with Crippen molar-refractivity contribution < 1.29 is 19.0 Å². The lowest BCUT2D eigenvalue weighted by Gasteiger charge is -2.44. The maximum absolute atomic E-state index is 11.4. The second kappa shape index (κ2) is 11.6. The zero-order valence-corrected chi connectivity index (χ0v) is 20.7. The first-order valence-corrected chi connectivity index (χ1v) is 13.8. The van der Waals surface area contributed by atoms with Crippen molar-refractivity contribution >= 4 is 33.6 Å². The predicted molar refractivity (Wildman–Crippen MR) is 139 cm³/mol. The Morgan fingerprint density at radius 2 is 1.85 bits per heavy atom. The Balaban J connectivity index is 2.00. The summed E-state index contributed by atoms with van der Waals surface area (Å²) in [6.07, 6.45) is 3.18. The van der Waals surface area contributed by atoms with Crippen molar-refractivity contribution in [3.63, 3.8) is 0 Å². The fraction of sp³-hybridized carbons (Fsp3) is 0.462. The molecule has 8 heteroatoms. The number of aliphatic carboxylic acids is 1. The van der Waals surface area contributed by atoms with E-state index in [1.807, 2.05) is 31.2 Å². The lowest BCUT2D eigenvalue weighted by molar-refractivity contribution is -0.137. The Hall–Kier alpha value is -2.73. The molecule has 2 aromatic rings. The quantitative estimate of drug-likeness (QED) is 0.308. The largest absolute Gasteiger partial charge is 0.481 e. The number of hydrogen-bond acceptors (Lipinski definition) is 6. The molecule has 2 aromatic carbocycles. The summed E-state index contributed by atoms with van der Waals surface area (Å²) < 4.78 is 20.2. The first-order chi connectivity index (χ1) is 16.3. The van der Waals surface area contributed by atoms with Gasteiger partial charge in [-0.05, 0) is 73.6 Å². The molecule has 1 fully saturated rings. The number of carbonyl (C=O) groups is 1. The van der Waals surface area contributed by atoms with Gasteiger partial charge in [0.1, 0.15) is 0 Å². The summed E-state index contributed by atoms with van der Waals surface area (Å²) in [5.41, 5.74) is 4.30. The van der Waals surface area contributed by atoms with Crippen molar-refractivity contribution in [2.75, 3.05) is 28.3 Å². The van der Waals surface area contributed by atoms with E-state index in [2.05, 4.69) is 29.3 Å². The van der Waals surface area contributed by atoms with Crippen molar-refractivity contribution in [2.24, 2.45) is 0 Å². The van der Waals surface area contributed by atoms with E-state index in [1.54, 1.807) is 12.1 Å². The van der Waals surface area contributed by atoms with Crippen LogP contribution in [0.3, 0.4) is 0 Å². The third-order valence-corrected chi connectivity index (χ3v) is 8.25. The Kier molecular flexibility index (Phi) is 8.84. The van der Waals surface area contributed by atoms with Gasteiger partial charge in [-0.1, -0.05) is 19.9 Å². The zero-order chi connectivity index (χ0) is 24.7. The molecule has 0 saturated carbocycles. The number of hydrogen-bond donors (Lipinski definition) is 4. The molecular weight excluding hydrogens is 450 g/mol. The number of nitrogens with one attached hydrogen (secondary N) is 1. The molecule has 34 heavy (non-hydrogen) atoms. The molecule has 0 amide bonds. The summed E-state index contributed by atoms with van der Waals surface area (Å²) in [6, 6.07) is 15.7. The second-order valence-corrected chi connectivity index (χ2v) is 11.3. The van der Waals surface area contributed by atoms with Gasteiger partial charge in [-0.15, -0.1) is 0 Å². The minimum absolute atomic E-state index is 0.0747. The molecule has 4 N–H and O–H groups in total. The van der Waals surface area contributed by atoms with Gasteiger partial charge in [-0.25, -0.2) is 0 Å². The van der Waals surface area contributed by atoms with Crippen LogP contribution in [-0.4, -0.2) is 44.3 Å². The Labute approximate surface area is 203 Å². The number of benzene rings is 2. The fourth-order valence-corrected chi connectivity index (χ4v) is 6.10.